The topological polar surface area (TPSA) is 72.1 Å². The van der Waals surface area contributed by atoms with E-state index in [4.69, 9.17) is 4.42 Å². The first kappa shape index (κ1) is 19.1. The number of furan rings is 1. The Kier molecular flexibility index (Phi) is 4.81. The lowest BCUT2D eigenvalue weighted by atomic mass is 10.0. The minimum Gasteiger partial charge on any atom is -0.467 e. The van der Waals surface area contributed by atoms with Gasteiger partial charge in [-0.2, -0.15) is 18.3 Å². The molecule has 0 spiro atoms. The quantitative estimate of drug-likeness (QED) is 0.677. The van der Waals surface area contributed by atoms with Gasteiger partial charge in [-0.15, -0.1) is 0 Å². The fraction of sp³-hybridized carbons (Fsp3) is 0.300. The molecule has 1 aromatic carbocycles. The Morgan fingerprint density at radius 1 is 1.31 bits per heavy atom. The largest absolute Gasteiger partial charge is 0.467 e. The van der Waals surface area contributed by atoms with E-state index in [-0.39, 0.29) is 24.5 Å². The van der Waals surface area contributed by atoms with Crippen LogP contribution in [0.25, 0.3) is 0 Å². The molecule has 1 aliphatic heterocycles. The van der Waals surface area contributed by atoms with Gasteiger partial charge in [0, 0.05) is 19.0 Å². The molecule has 1 aliphatic rings. The lowest BCUT2D eigenvalue weighted by molar-refractivity contribution is -0.174. The van der Waals surface area contributed by atoms with E-state index >= 15 is 0 Å². The van der Waals surface area contributed by atoms with Crippen LogP contribution in [0.5, 0.6) is 0 Å². The summed E-state index contributed by atoms with van der Waals surface area (Å²) in [6.45, 7) is 2.21. The van der Waals surface area contributed by atoms with Gasteiger partial charge in [0.25, 0.3) is 5.91 Å². The number of alkyl halides is 3. The number of halogens is 3. The van der Waals surface area contributed by atoms with Crippen molar-refractivity contribution in [3.05, 3.63) is 71.3 Å². The molecule has 6 nitrogen and oxygen atoms in total. The highest BCUT2D eigenvalue weighted by atomic mass is 19.4. The molecule has 1 amide bonds. The van der Waals surface area contributed by atoms with E-state index in [1.165, 1.54) is 12.3 Å². The highest BCUT2D eigenvalue weighted by molar-refractivity contribution is 5.93. The van der Waals surface area contributed by atoms with Crippen LogP contribution >= 0.6 is 0 Å². The highest BCUT2D eigenvalue weighted by Crippen LogP contribution is 2.43. The first-order chi connectivity index (χ1) is 13.8. The van der Waals surface area contributed by atoms with Crippen LogP contribution < -0.4 is 10.6 Å². The Morgan fingerprint density at radius 3 is 2.72 bits per heavy atom. The molecule has 0 fully saturated rings. The van der Waals surface area contributed by atoms with Crippen molar-refractivity contribution in [1.82, 2.24) is 15.1 Å². The second kappa shape index (κ2) is 7.31. The van der Waals surface area contributed by atoms with E-state index < -0.39 is 24.2 Å². The van der Waals surface area contributed by atoms with Crippen LogP contribution in [-0.4, -0.2) is 21.9 Å². The summed E-state index contributed by atoms with van der Waals surface area (Å²) in [5, 5.41) is 9.61. The summed E-state index contributed by atoms with van der Waals surface area (Å²) in [4.78, 5) is 12.5. The third kappa shape index (κ3) is 3.98. The number of amides is 1. The molecule has 9 heteroatoms. The third-order valence-corrected chi connectivity index (χ3v) is 4.88. The fourth-order valence-electron chi connectivity index (χ4n) is 3.34. The van der Waals surface area contributed by atoms with Crippen molar-refractivity contribution in [2.75, 3.05) is 5.32 Å². The number of aromatic nitrogens is 2. The molecule has 0 aliphatic carbocycles. The highest BCUT2D eigenvalue weighted by Gasteiger charge is 2.47. The average Bonchev–Trinajstić information content (AvgIpc) is 3.35. The second-order valence-electron chi connectivity index (χ2n) is 7.03. The maximum atomic E-state index is 13.6. The van der Waals surface area contributed by atoms with Gasteiger partial charge in [0.2, 0.25) is 0 Å². The van der Waals surface area contributed by atoms with Gasteiger partial charge in [-0.25, -0.2) is 4.68 Å². The fourth-order valence-corrected chi connectivity index (χ4v) is 3.34. The monoisotopic (exact) mass is 404 g/mol. The molecule has 0 bridgehead atoms. The molecular formula is C20H19F3N4O2. The van der Waals surface area contributed by atoms with Crippen molar-refractivity contribution in [3.63, 3.8) is 0 Å². The molecule has 2 atom stereocenters. The minimum absolute atomic E-state index is 0.0750. The maximum absolute atomic E-state index is 13.6. The number of benzene rings is 1. The van der Waals surface area contributed by atoms with Crippen molar-refractivity contribution in [2.45, 2.75) is 38.1 Å². The third-order valence-electron chi connectivity index (χ3n) is 4.88. The van der Waals surface area contributed by atoms with Crippen LogP contribution in [0.4, 0.5) is 19.0 Å². The van der Waals surface area contributed by atoms with Gasteiger partial charge in [0.05, 0.1) is 12.3 Å². The van der Waals surface area contributed by atoms with Crippen molar-refractivity contribution in [1.29, 1.82) is 0 Å². The van der Waals surface area contributed by atoms with Crippen molar-refractivity contribution in [2.24, 2.45) is 0 Å². The number of hydrogen-bond acceptors (Lipinski definition) is 4. The molecule has 0 saturated carbocycles. The van der Waals surface area contributed by atoms with Gasteiger partial charge in [0.15, 0.2) is 11.7 Å². The van der Waals surface area contributed by atoms with Crippen LogP contribution in [-0.2, 0) is 6.54 Å². The number of carbonyl (C=O) groups excluding carboxylic acids is 1. The van der Waals surface area contributed by atoms with Crippen LogP contribution in [0.3, 0.4) is 0 Å². The van der Waals surface area contributed by atoms with E-state index in [1.54, 1.807) is 12.1 Å². The van der Waals surface area contributed by atoms with Crippen molar-refractivity contribution >= 4 is 11.7 Å². The summed E-state index contributed by atoms with van der Waals surface area (Å²) in [6.07, 6.45) is -3.38. The SMILES string of the molecule is Cc1ccc(CNC(=O)c2cc3n(n2)[C@@H](C(F)(F)F)C[C@H](c2ccco2)N3)cc1. The Bertz CT molecular complexity index is 994. The van der Waals surface area contributed by atoms with Crippen LogP contribution in [0, 0.1) is 6.92 Å². The van der Waals surface area contributed by atoms with Gasteiger partial charge in [0.1, 0.15) is 11.6 Å². The molecule has 3 aromatic rings. The summed E-state index contributed by atoms with van der Waals surface area (Å²) in [5.74, 6) is -0.0118. The number of hydrogen-bond donors (Lipinski definition) is 2. The molecule has 3 heterocycles. The van der Waals surface area contributed by atoms with E-state index in [2.05, 4.69) is 15.7 Å². The summed E-state index contributed by atoms with van der Waals surface area (Å²) >= 11 is 0. The number of rotatable bonds is 4. The summed E-state index contributed by atoms with van der Waals surface area (Å²) < 4.78 is 47.0. The van der Waals surface area contributed by atoms with Crippen molar-refractivity contribution < 1.29 is 22.4 Å². The van der Waals surface area contributed by atoms with Gasteiger partial charge < -0.3 is 15.1 Å². The number of anilines is 1. The van der Waals surface area contributed by atoms with Crippen LogP contribution in [0.1, 0.15) is 45.9 Å². The smallest absolute Gasteiger partial charge is 0.410 e. The molecule has 2 aromatic heterocycles. The van der Waals surface area contributed by atoms with Gasteiger partial charge in [-0.05, 0) is 24.6 Å². The Labute approximate surface area is 164 Å². The zero-order valence-corrected chi connectivity index (χ0v) is 15.5. The molecule has 2 N–H and O–H groups in total. The number of aryl methyl sites for hydroxylation is 1. The van der Waals surface area contributed by atoms with Gasteiger partial charge in [-0.1, -0.05) is 29.8 Å². The summed E-state index contributed by atoms with van der Waals surface area (Å²) in [7, 11) is 0. The predicted octanol–water partition coefficient (Wildman–Crippen LogP) is 4.37. The number of carbonyl (C=O) groups is 1. The molecule has 4 rings (SSSR count). The summed E-state index contributed by atoms with van der Waals surface area (Å²) in [6, 6.07) is 9.65. The molecule has 152 valence electrons. The number of fused-ring (bicyclic) bond motifs is 1. The molecule has 0 radical (unpaired) electrons. The Hall–Kier alpha value is -3.23. The van der Waals surface area contributed by atoms with Crippen molar-refractivity contribution in [3.8, 4) is 0 Å². The number of nitrogens with one attached hydrogen (secondary N) is 2. The van der Waals surface area contributed by atoms with Gasteiger partial charge >= 0.3 is 6.18 Å². The lowest BCUT2D eigenvalue weighted by Gasteiger charge is -2.32. The Balaban J connectivity index is 1.55. The maximum Gasteiger partial charge on any atom is 0.410 e. The molecule has 0 saturated heterocycles. The zero-order chi connectivity index (χ0) is 20.6. The molecule has 29 heavy (non-hydrogen) atoms. The van der Waals surface area contributed by atoms with E-state index in [9.17, 15) is 18.0 Å². The predicted molar refractivity (Wildman–Crippen MR) is 99.4 cm³/mol. The summed E-state index contributed by atoms with van der Waals surface area (Å²) in [5.41, 5.74) is 1.91. The normalized spacial score (nSPS) is 18.8. The lowest BCUT2D eigenvalue weighted by Crippen LogP contribution is -2.35. The van der Waals surface area contributed by atoms with Crippen LogP contribution in [0.15, 0.2) is 53.1 Å². The molecule has 0 unspecified atom stereocenters. The standard InChI is InChI=1S/C20H19F3N4O2/c1-12-4-6-13(7-5-12)11-24-19(28)15-10-18-25-14(16-3-2-8-29-16)9-17(20(21,22)23)27(18)26-15/h2-8,10,14,17,25H,9,11H2,1H3,(H,24,28)/t14-,17-/m1/s1. The molecular weight excluding hydrogens is 385 g/mol. The second-order valence-corrected chi connectivity index (χ2v) is 7.03. The van der Waals surface area contributed by atoms with Gasteiger partial charge in [-0.3, -0.25) is 4.79 Å². The van der Waals surface area contributed by atoms with Crippen LogP contribution in [0.2, 0.25) is 0 Å². The number of nitrogens with zero attached hydrogens (tertiary/aromatic N) is 2. The average molecular weight is 404 g/mol. The van der Waals surface area contributed by atoms with E-state index in [0.717, 1.165) is 15.8 Å². The first-order valence-electron chi connectivity index (χ1n) is 9.11. The van der Waals surface area contributed by atoms with E-state index in [0.29, 0.717) is 5.76 Å². The minimum atomic E-state index is -4.51. The zero-order valence-electron chi connectivity index (χ0n) is 15.5. The van der Waals surface area contributed by atoms with E-state index in [1.807, 2.05) is 31.2 Å². The Morgan fingerprint density at radius 2 is 2.07 bits per heavy atom. The first-order valence-corrected chi connectivity index (χ1v) is 9.11.